The van der Waals surface area contributed by atoms with E-state index in [1.165, 1.54) is 0 Å². The van der Waals surface area contributed by atoms with Gasteiger partial charge in [-0.25, -0.2) is 0 Å². The topological polar surface area (TPSA) is 55.6 Å². The number of nitrogen functional groups attached to an aromatic ring is 1. The van der Waals surface area contributed by atoms with Gasteiger partial charge in [0, 0.05) is 37.4 Å². The number of carbonyl (C=O) groups is 1. The molecule has 0 spiro atoms. The number of nitrogens with zero attached hydrogens (tertiary/aromatic N) is 1. The van der Waals surface area contributed by atoms with Gasteiger partial charge >= 0.3 is 0 Å². The minimum absolute atomic E-state index is 0.111. The number of ether oxygens (including phenoxy) is 1. The molecule has 1 aliphatic heterocycles. The van der Waals surface area contributed by atoms with E-state index in [9.17, 15) is 4.79 Å². The largest absolute Gasteiger partial charge is 0.399 e. The summed E-state index contributed by atoms with van der Waals surface area (Å²) >= 11 is 0. The Hall–Kier alpha value is -1.55. The Morgan fingerprint density at radius 3 is 2.45 bits per heavy atom. The Morgan fingerprint density at radius 2 is 1.90 bits per heavy atom. The third kappa shape index (κ3) is 3.73. The number of amides is 1. The zero-order valence-electron chi connectivity index (χ0n) is 12.3. The monoisotopic (exact) mass is 276 g/mol. The molecule has 1 heterocycles. The van der Waals surface area contributed by atoms with E-state index in [1.54, 1.807) is 0 Å². The fourth-order valence-electron chi connectivity index (χ4n) is 2.51. The molecule has 4 nitrogen and oxygen atoms in total. The van der Waals surface area contributed by atoms with Crippen molar-refractivity contribution in [1.29, 1.82) is 0 Å². The minimum atomic E-state index is 0.111. The highest BCUT2D eigenvalue weighted by molar-refractivity contribution is 5.79. The Morgan fingerprint density at radius 1 is 1.30 bits per heavy atom. The van der Waals surface area contributed by atoms with Crippen molar-refractivity contribution >= 4 is 11.6 Å². The molecule has 0 unspecified atom stereocenters. The summed E-state index contributed by atoms with van der Waals surface area (Å²) in [6.45, 7) is 6.17. The summed E-state index contributed by atoms with van der Waals surface area (Å²) in [6.07, 6.45) is 1.67. The molecule has 0 aliphatic carbocycles. The van der Waals surface area contributed by atoms with E-state index in [0.29, 0.717) is 19.8 Å². The first kappa shape index (κ1) is 14.9. The quantitative estimate of drug-likeness (QED) is 0.859. The van der Waals surface area contributed by atoms with Crippen LogP contribution in [0.5, 0.6) is 0 Å². The van der Waals surface area contributed by atoms with Gasteiger partial charge in [-0.05, 0) is 44.4 Å². The standard InChI is InChI=1S/C16H24N2O2/c1-12(2)18(11-13-3-5-15(17)6-4-13)16(19)14-7-9-20-10-8-14/h3-6,12,14H,7-11,17H2,1-2H3. The maximum absolute atomic E-state index is 12.7. The second kappa shape index (κ2) is 6.75. The number of hydrogen-bond acceptors (Lipinski definition) is 3. The number of rotatable bonds is 4. The molecule has 4 heteroatoms. The van der Waals surface area contributed by atoms with Crippen LogP contribution < -0.4 is 5.73 Å². The first-order valence-electron chi connectivity index (χ1n) is 7.30. The van der Waals surface area contributed by atoms with Crippen molar-refractivity contribution in [3.05, 3.63) is 29.8 Å². The normalized spacial score (nSPS) is 16.4. The average Bonchev–Trinajstić information content (AvgIpc) is 2.46. The predicted octanol–water partition coefficient (Wildman–Crippen LogP) is 2.43. The summed E-state index contributed by atoms with van der Waals surface area (Å²) in [6, 6.07) is 7.94. The van der Waals surface area contributed by atoms with Crippen molar-refractivity contribution in [3.8, 4) is 0 Å². The van der Waals surface area contributed by atoms with Gasteiger partial charge in [-0.2, -0.15) is 0 Å². The van der Waals surface area contributed by atoms with E-state index in [-0.39, 0.29) is 17.9 Å². The van der Waals surface area contributed by atoms with Crippen molar-refractivity contribution in [3.63, 3.8) is 0 Å². The van der Waals surface area contributed by atoms with Gasteiger partial charge in [-0.3, -0.25) is 4.79 Å². The van der Waals surface area contributed by atoms with Gasteiger partial charge in [-0.15, -0.1) is 0 Å². The van der Waals surface area contributed by atoms with Gasteiger partial charge in [0.05, 0.1) is 0 Å². The SMILES string of the molecule is CC(C)N(Cc1ccc(N)cc1)C(=O)C1CCOCC1. The summed E-state index contributed by atoms with van der Waals surface area (Å²) in [4.78, 5) is 14.6. The van der Waals surface area contributed by atoms with Crippen LogP contribution >= 0.6 is 0 Å². The summed E-state index contributed by atoms with van der Waals surface area (Å²) in [7, 11) is 0. The lowest BCUT2D eigenvalue weighted by Crippen LogP contribution is -2.42. The van der Waals surface area contributed by atoms with Crippen LogP contribution in [0, 0.1) is 5.92 Å². The summed E-state index contributed by atoms with van der Waals surface area (Å²) in [5.74, 6) is 0.361. The van der Waals surface area contributed by atoms with Gasteiger partial charge in [0.2, 0.25) is 5.91 Å². The fraction of sp³-hybridized carbons (Fsp3) is 0.562. The van der Waals surface area contributed by atoms with Crippen LogP contribution in [0.3, 0.4) is 0 Å². The number of benzene rings is 1. The van der Waals surface area contributed by atoms with E-state index in [2.05, 4.69) is 13.8 Å². The maximum Gasteiger partial charge on any atom is 0.226 e. The Bertz CT molecular complexity index is 436. The molecule has 0 saturated carbocycles. The van der Waals surface area contributed by atoms with E-state index in [4.69, 9.17) is 10.5 Å². The zero-order valence-corrected chi connectivity index (χ0v) is 12.3. The number of nitrogens with two attached hydrogens (primary N) is 1. The summed E-state index contributed by atoms with van der Waals surface area (Å²) in [5.41, 5.74) is 7.57. The van der Waals surface area contributed by atoms with E-state index in [1.807, 2.05) is 29.2 Å². The predicted molar refractivity (Wildman–Crippen MR) is 80.1 cm³/mol. The minimum Gasteiger partial charge on any atom is -0.399 e. The smallest absolute Gasteiger partial charge is 0.226 e. The van der Waals surface area contributed by atoms with Crippen LogP contribution in [-0.2, 0) is 16.1 Å². The molecule has 0 aromatic heterocycles. The summed E-state index contributed by atoms with van der Waals surface area (Å²) < 4.78 is 5.34. The average molecular weight is 276 g/mol. The maximum atomic E-state index is 12.7. The molecule has 110 valence electrons. The molecule has 1 fully saturated rings. The lowest BCUT2D eigenvalue weighted by atomic mass is 9.97. The molecule has 1 amide bonds. The molecule has 1 aromatic carbocycles. The van der Waals surface area contributed by atoms with Crippen LogP contribution in [-0.4, -0.2) is 30.1 Å². The van der Waals surface area contributed by atoms with Crippen molar-refractivity contribution in [1.82, 2.24) is 4.90 Å². The van der Waals surface area contributed by atoms with Gasteiger partial charge in [0.25, 0.3) is 0 Å². The lowest BCUT2D eigenvalue weighted by molar-refractivity contribution is -0.141. The highest BCUT2D eigenvalue weighted by Crippen LogP contribution is 2.21. The van der Waals surface area contributed by atoms with E-state index < -0.39 is 0 Å². The van der Waals surface area contributed by atoms with Crippen molar-refractivity contribution in [2.24, 2.45) is 5.92 Å². The van der Waals surface area contributed by atoms with Gasteiger partial charge in [0.15, 0.2) is 0 Å². The van der Waals surface area contributed by atoms with Crippen LogP contribution in [0.4, 0.5) is 5.69 Å². The summed E-state index contributed by atoms with van der Waals surface area (Å²) in [5, 5.41) is 0. The third-order valence-corrected chi connectivity index (χ3v) is 3.81. The molecule has 1 aromatic rings. The first-order chi connectivity index (χ1) is 9.58. The Balaban J connectivity index is 2.06. The van der Waals surface area contributed by atoms with Crippen molar-refractivity contribution in [2.75, 3.05) is 18.9 Å². The first-order valence-corrected chi connectivity index (χ1v) is 7.30. The molecule has 0 bridgehead atoms. The molecule has 1 aliphatic rings. The highest BCUT2D eigenvalue weighted by atomic mass is 16.5. The molecule has 1 saturated heterocycles. The highest BCUT2D eigenvalue weighted by Gasteiger charge is 2.27. The lowest BCUT2D eigenvalue weighted by Gasteiger charge is -2.32. The molecule has 2 N–H and O–H groups in total. The number of anilines is 1. The van der Waals surface area contributed by atoms with Gasteiger partial charge in [0.1, 0.15) is 0 Å². The fourth-order valence-corrected chi connectivity index (χ4v) is 2.51. The second-order valence-corrected chi connectivity index (χ2v) is 5.69. The second-order valence-electron chi connectivity index (χ2n) is 5.69. The van der Waals surface area contributed by atoms with Gasteiger partial charge in [-0.1, -0.05) is 12.1 Å². The molecule has 0 radical (unpaired) electrons. The molecular weight excluding hydrogens is 252 g/mol. The van der Waals surface area contributed by atoms with Crippen molar-refractivity contribution in [2.45, 2.75) is 39.3 Å². The molecule has 0 atom stereocenters. The van der Waals surface area contributed by atoms with E-state index >= 15 is 0 Å². The van der Waals surface area contributed by atoms with Gasteiger partial charge < -0.3 is 15.4 Å². The Labute approximate surface area is 120 Å². The molecule has 2 rings (SSSR count). The van der Waals surface area contributed by atoms with Crippen LogP contribution in [0.15, 0.2) is 24.3 Å². The zero-order chi connectivity index (χ0) is 14.5. The van der Waals surface area contributed by atoms with Crippen molar-refractivity contribution < 1.29 is 9.53 Å². The van der Waals surface area contributed by atoms with Crippen LogP contribution in [0.1, 0.15) is 32.3 Å². The van der Waals surface area contributed by atoms with Crippen LogP contribution in [0.25, 0.3) is 0 Å². The number of hydrogen-bond donors (Lipinski definition) is 1. The third-order valence-electron chi connectivity index (χ3n) is 3.81. The van der Waals surface area contributed by atoms with Crippen LogP contribution in [0.2, 0.25) is 0 Å². The molecule has 20 heavy (non-hydrogen) atoms. The van der Waals surface area contributed by atoms with E-state index in [0.717, 1.165) is 24.1 Å². The molecular formula is C16H24N2O2. The number of carbonyl (C=O) groups excluding carboxylic acids is 1. The Kier molecular flexibility index (Phi) is 5.01.